The first kappa shape index (κ1) is 20.2. The van der Waals surface area contributed by atoms with Gasteiger partial charge < -0.3 is 0 Å². The second-order valence-corrected chi connectivity index (χ2v) is 10.5. The maximum atomic E-state index is 2.30. The van der Waals surface area contributed by atoms with Crippen LogP contribution in [0.5, 0.6) is 0 Å². The van der Waals surface area contributed by atoms with Crippen LogP contribution in [-0.2, 0) is 0 Å². The number of rotatable bonds is 2. The summed E-state index contributed by atoms with van der Waals surface area (Å²) in [5.74, 6) is 0. The first-order chi connectivity index (χ1) is 18.8. The molecule has 0 aliphatic heterocycles. The zero-order chi connectivity index (χ0) is 24.8. The first-order valence-corrected chi connectivity index (χ1v) is 13.3. The molecule has 0 aliphatic rings. The quantitative estimate of drug-likeness (QED) is 0.217. The summed E-state index contributed by atoms with van der Waals surface area (Å²) < 4.78 is 0. The van der Waals surface area contributed by atoms with Gasteiger partial charge in [0.15, 0.2) is 0 Å². The topological polar surface area (TPSA) is 0 Å². The molecule has 0 saturated heterocycles. The van der Waals surface area contributed by atoms with Crippen LogP contribution in [0, 0.1) is 0 Å². The Morgan fingerprint density at radius 1 is 0.237 bits per heavy atom. The summed E-state index contributed by atoms with van der Waals surface area (Å²) in [5, 5.41) is 16.0. The number of hydrogen-bond acceptors (Lipinski definition) is 0. The molecular weight excluding hydrogens is 456 g/mol. The Balaban J connectivity index is 1.23. The smallest absolute Gasteiger partial charge is 0.00206 e. The normalized spacial score (nSPS) is 12.2. The van der Waals surface area contributed by atoms with Crippen molar-refractivity contribution < 1.29 is 0 Å². The van der Waals surface area contributed by atoms with E-state index >= 15 is 0 Å². The van der Waals surface area contributed by atoms with Crippen LogP contribution in [0.15, 0.2) is 133 Å². The van der Waals surface area contributed by atoms with Gasteiger partial charge in [0.2, 0.25) is 0 Å². The Morgan fingerprint density at radius 2 is 0.553 bits per heavy atom. The lowest BCUT2D eigenvalue weighted by Gasteiger charge is -2.15. The second kappa shape index (κ2) is 7.31. The standard InChI is InChI=1S/C38H22/c1-3-25-11-13-29-15-19-31(33-21-17-27(5-1)35(25)37(29)33)23-7-9-24(10-8-23)32-20-16-30-14-12-26-4-2-6-28-18-22-34(32)38(30)36(26)28/h1-22H. The van der Waals surface area contributed by atoms with Crippen molar-refractivity contribution in [1.29, 1.82) is 0 Å². The summed E-state index contributed by atoms with van der Waals surface area (Å²) in [6, 6.07) is 49.6. The summed E-state index contributed by atoms with van der Waals surface area (Å²) in [6.45, 7) is 0. The molecule has 0 radical (unpaired) electrons. The van der Waals surface area contributed by atoms with Gasteiger partial charge in [0.1, 0.15) is 0 Å². The van der Waals surface area contributed by atoms with E-state index in [0.717, 1.165) is 0 Å². The van der Waals surface area contributed by atoms with Gasteiger partial charge in [0, 0.05) is 0 Å². The summed E-state index contributed by atoms with van der Waals surface area (Å²) in [5.41, 5.74) is 5.09. The lowest BCUT2D eigenvalue weighted by atomic mass is 9.88. The molecule has 0 aliphatic carbocycles. The zero-order valence-electron chi connectivity index (χ0n) is 20.7. The lowest BCUT2D eigenvalue weighted by molar-refractivity contribution is 1.64. The molecule has 0 unspecified atom stereocenters. The van der Waals surface area contributed by atoms with Gasteiger partial charge in [-0.15, -0.1) is 0 Å². The molecule has 0 atom stereocenters. The molecule has 0 saturated carbocycles. The maximum Gasteiger partial charge on any atom is -0.00206 e. The molecule has 0 nitrogen and oxygen atoms in total. The Bertz CT molecular complexity index is 2120. The predicted molar refractivity (Wildman–Crippen MR) is 165 cm³/mol. The molecule has 0 aromatic heterocycles. The van der Waals surface area contributed by atoms with Crippen LogP contribution in [0.25, 0.3) is 86.9 Å². The van der Waals surface area contributed by atoms with Gasteiger partial charge in [-0.1, -0.05) is 133 Å². The van der Waals surface area contributed by atoms with Crippen molar-refractivity contribution in [2.24, 2.45) is 0 Å². The molecule has 9 aromatic carbocycles. The van der Waals surface area contributed by atoms with Crippen molar-refractivity contribution >= 4 is 64.6 Å². The average Bonchev–Trinajstić information content (AvgIpc) is 2.99. The minimum atomic E-state index is 1.25. The molecule has 0 bridgehead atoms. The van der Waals surface area contributed by atoms with E-state index < -0.39 is 0 Å². The Hall–Kier alpha value is -4.94. The third-order valence-electron chi connectivity index (χ3n) is 8.56. The second-order valence-electron chi connectivity index (χ2n) is 10.5. The molecule has 0 N–H and O–H groups in total. The fraction of sp³-hybridized carbons (Fsp3) is 0. The molecule has 0 heterocycles. The van der Waals surface area contributed by atoms with Crippen molar-refractivity contribution in [2.75, 3.05) is 0 Å². The highest BCUT2D eigenvalue weighted by Gasteiger charge is 2.14. The summed E-state index contributed by atoms with van der Waals surface area (Å²) in [7, 11) is 0. The maximum absolute atomic E-state index is 2.30. The Morgan fingerprint density at radius 3 is 0.947 bits per heavy atom. The van der Waals surface area contributed by atoms with Gasteiger partial charge in [-0.25, -0.2) is 0 Å². The van der Waals surface area contributed by atoms with Crippen LogP contribution in [0.1, 0.15) is 0 Å². The summed E-state index contributed by atoms with van der Waals surface area (Å²) in [4.78, 5) is 0. The van der Waals surface area contributed by atoms with Gasteiger partial charge in [0.25, 0.3) is 0 Å². The van der Waals surface area contributed by atoms with Crippen LogP contribution in [0.2, 0.25) is 0 Å². The zero-order valence-corrected chi connectivity index (χ0v) is 20.7. The monoisotopic (exact) mass is 478 g/mol. The fourth-order valence-corrected chi connectivity index (χ4v) is 6.80. The largest absolute Gasteiger partial charge is 0.0610 e. The fourth-order valence-electron chi connectivity index (χ4n) is 6.80. The Labute approximate surface area is 220 Å². The average molecular weight is 479 g/mol. The number of benzene rings is 9. The van der Waals surface area contributed by atoms with Gasteiger partial charge in [0.05, 0.1) is 0 Å². The summed E-state index contributed by atoms with van der Waals surface area (Å²) >= 11 is 0. The molecule has 0 fully saturated rings. The highest BCUT2D eigenvalue weighted by molar-refractivity contribution is 6.26. The minimum absolute atomic E-state index is 1.25. The Kier molecular flexibility index (Phi) is 3.88. The van der Waals surface area contributed by atoms with E-state index in [9.17, 15) is 0 Å². The minimum Gasteiger partial charge on any atom is -0.0610 e. The first-order valence-electron chi connectivity index (χ1n) is 13.3. The molecule has 0 heteroatoms. The van der Waals surface area contributed by atoms with Crippen LogP contribution in [-0.4, -0.2) is 0 Å². The molecule has 9 aromatic rings. The van der Waals surface area contributed by atoms with E-state index in [0.29, 0.717) is 0 Å². The SMILES string of the molecule is c1cc2ccc3ccc(-c4ccc(-c5ccc6ccc7cccc8ccc5c6c78)cc4)c4ccc(c1)c2c34. The van der Waals surface area contributed by atoms with Crippen molar-refractivity contribution in [3.63, 3.8) is 0 Å². The van der Waals surface area contributed by atoms with Crippen molar-refractivity contribution in [3.8, 4) is 22.3 Å². The molecular formula is C38H22. The third-order valence-corrected chi connectivity index (χ3v) is 8.56. The van der Waals surface area contributed by atoms with Gasteiger partial charge in [-0.05, 0) is 86.9 Å². The summed E-state index contributed by atoms with van der Waals surface area (Å²) in [6.07, 6.45) is 0. The van der Waals surface area contributed by atoms with Gasteiger partial charge in [-0.3, -0.25) is 0 Å². The van der Waals surface area contributed by atoms with E-state index in [4.69, 9.17) is 0 Å². The van der Waals surface area contributed by atoms with Crippen LogP contribution < -0.4 is 0 Å². The van der Waals surface area contributed by atoms with Crippen molar-refractivity contribution in [3.05, 3.63) is 133 Å². The van der Waals surface area contributed by atoms with Crippen LogP contribution >= 0.6 is 0 Å². The molecule has 0 amide bonds. The van der Waals surface area contributed by atoms with Crippen molar-refractivity contribution in [1.82, 2.24) is 0 Å². The van der Waals surface area contributed by atoms with Crippen LogP contribution in [0.3, 0.4) is 0 Å². The van der Waals surface area contributed by atoms with E-state index in [2.05, 4.69) is 133 Å². The van der Waals surface area contributed by atoms with Crippen molar-refractivity contribution in [2.45, 2.75) is 0 Å². The number of hydrogen-bond donors (Lipinski definition) is 0. The lowest BCUT2D eigenvalue weighted by Crippen LogP contribution is -1.88. The van der Waals surface area contributed by atoms with Gasteiger partial charge in [-0.2, -0.15) is 0 Å². The third kappa shape index (κ3) is 2.64. The molecule has 9 rings (SSSR count). The predicted octanol–water partition coefficient (Wildman–Crippen LogP) is 10.8. The van der Waals surface area contributed by atoms with Crippen LogP contribution in [0.4, 0.5) is 0 Å². The molecule has 0 spiro atoms. The molecule has 174 valence electrons. The highest BCUT2D eigenvalue weighted by atomic mass is 14.2. The van der Waals surface area contributed by atoms with Gasteiger partial charge >= 0.3 is 0 Å². The highest BCUT2D eigenvalue weighted by Crippen LogP contribution is 2.41. The van der Waals surface area contributed by atoms with E-state index in [1.54, 1.807) is 0 Å². The van der Waals surface area contributed by atoms with E-state index in [1.807, 2.05) is 0 Å². The van der Waals surface area contributed by atoms with E-state index in [-0.39, 0.29) is 0 Å². The van der Waals surface area contributed by atoms with E-state index in [1.165, 1.54) is 86.9 Å². The molecule has 38 heavy (non-hydrogen) atoms.